The van der Waals surface area contributed by atoms with Crippen LogP contribution in [0.4, 0.5) is 29.3 Å². The SMILES string of the molecule is CCN(CC)c1ccc(C(F)(F)F)cc1NC(=O)CN1C(=O)NC2(CCCCC2C)C1=O. The van der Waals surface area contributed by atoms with Crippen molar-refractivity contribution in [3.63, 3.8) is 0 Å². The third kappa shape index (κ3) is 4.40. The van der Waals surface area contributed by atoms with E-state index in [9.17, 15) is 27.6 Å². The van der Waals surface area contributed by atoms with Crippen molar-refractivity contribution < 1.29 is 27.6 Å². The van der Waals surface area contributed by atoms with Crippen LogP contribution in [0.1, 0.15) is 52.0 Å². The number of nitrogens with zero attached hydrogens (tertiary/aromatic N) is 2. The van der Waals surface area contributed by atoms with Gasteiger partial charge in [0, 0.05) is 13.1 Å². The van der Waals surface area contributed by atoms with Gasteiger partial charge in [0.05, 0.1) is 16.9 Å². The molecule has 2 aliphatic rings. The molecule has 7 nitrogen and oxygen atoms in total. The number of halogens is 3. The summed E-state index contributed by atoms with van der Waals surface area (Å²) in [7, 11) is 0. The molecule has 176 valence electrons. The fourth-order valence-electron chi connectivity index (χ4n) is 4.62. The van der Waals surface area contributed by atoms with Gasteiger partial charge in [0.25, 0.3) is 5.91 Å². The number of imide groups is 1. The molecule has 1 saturated heterocycles. The number of alkyl halides is 3. The number of hydrogen-bond donors (Lipinski definition) is 2. The van der Waals surface area contributed by atoms with Crippen molar-refractivity contribution in [2.24, 2.45) is 5.92 Å². The maximum Gasteiger partial charge on any atom is 0.416 e. The average Bonchev–Trinajstić information content (AvgIpc) is 2.96. The zero-order chi connectivity index (χ0) is 23.7. The highest BCUT2D eigenvalue weighted by molar-refractivity contribution is 6.10. The molecule has 1 aliphatic heterocycles. The molecule has 0 bridgehead atoms. The first-order valence-corrected chi connectivity index (χ1v) is 10.9. The number of rotatable bonds is 6. The van der Waals surface area contributed by atoms with Crippen LogP contribution in [0.5, 0.6) is 0 Å². The van der Waals surface area contributed by atoms with Crippen LogP contribution in [0.25, 0.3) is 0 Å². The topological polar surface area (TPSA) is 81.8 Å². The lowest BCUT2D eigenvalue weighted by molar-refractivity contribution is -0.137. The predicted molar refractivity (Wildman–Crippen MR) is 114 cm³/mol. The predicted octanol–water partition coefficient (Wildman–Crippen LogP) is 3.99. The van der Waals surface area contributed by atoms with Gasteiger partial charge in [0.15, 0.2) is 0 Å². The normalized spacial score (nSPS) is 23.4. The number of benzene rings is 1. The van der Waals surface area contributed by atoms with E-state index in [1.807, 2.05) is 25.7 Å². The van der Waals surface area contributed by atoms with Gasteiger partial charge in [-0.15, -0.1) is 0 Å². The summed E-state index contributed by atoms with van der Waals surface area (Å²) < 4.78 is 39.7. The van der Waals surface area contributed by atoms with Crippen LogP contribution in [-0.2, 0) is 15.8 Å². The summed E-state index contributed by atoms with van der Waals surface area (Å²) >= 11 is 0. The number of hydrogen-bond acceptors (Lipinski definition) is 4. The van der Waals surface area contributed by atoms with Gasteiger partial charge in [0.1, 0.15) is 12.1 Å². The molecule has 1 aromatic rings. The van der Waals surface area contributed by atoms with E-state index in [1.165, 1.54) is 6.07 Å². The molecule has 4 amide bonds. The molecule has 2 N–H and O–H groups in total. The minimum atomic E-state index is -4.57. The molecule has 1 spiro atoms. The smallest absolute Gasteiger partial charge is 0.370 e. The van der Waals surface area contributed by atoms with E-state index in [-0.39, 0.29) is 11.6 Å². The second-order valence-corrected chi connectivity index (χ2v) is 8.39. The van der Waals surface area contributed by atoms with Crippen LogP contribution < -0.4 is 15.5 Å². The van der Waals surface area contributed by atoms with Crippen molar-refractivity contribution in [2.75, 3.05) is 29.9 Å². The highest BCUT2D eigenvalue weighted by atomic mass is 19.4. The highest BCUT2D eigenvalue weighted by Crippen LogP contribution is 2.38. The Labute approximate surface area is 185 Å². The molecule has 2 fully saturated rings. The number of amides is 4. The summed E-state index contributed by atoms with van der Waals surface area (Å²) in [4.78, 5) is 41.0. The number of nitrogens with one attached hydrogen (secondary N) is 2. The molecule has 1 aromatic carbocycles. The number of carbonyl (C=O) groups is 3. The molecule has 0 radical (unpaired) electrons. The lowest BCUT2D eigenvalue weighted by Crippen LogP contribution is -2.54. The van der Waals surface area contributed by atoms with Crippen molar-refractivity contribution >= 4 is 29.2 Å². The Morgan fingerprint density at radius 1 is 1.25 bits per heavy atom. The summed E-state index contributed by atoms with van der Waals surface area (Å²) in [5.74, 6) is -1.24. The summed E-state index contributed by atoms with van der Waals surface area (Å²) in [5.41, 5.74) is -1.47. The first kappa shape index (κ1) is 23.9. The minimum Gasteiger partial charge on any atom is -0.370 e. The van der Waals surface area contributed by atoms with E-state index in [2.05, 4.69) is 10.6 Å². The zero-order valence-electron chi connectivity index (χ0n) is 18.5. The first-order chi connectivity index (χ1) is 15.0. The van der Waals surface area contributed by atoms with E-state index in [1.54, 1.807) is 0 Å². The lowest BCUT2D eigenvalue weighted by Gasteiger charge is -2.36. The molecular formula is C22H29F3N4O3. The van der Waals surface area contributed by atoms with Gasteiger partial charge in [-0.05, 0) is 50.8 Å². The Morgan fingerprint density at radius 3 is 2.53 bits per heavy atom. The number of carbonyl (C=O) groups excluding carboxylic acids is 3. The Morgan fingerprint density at radius 2 is 1.94 bits per heavy atom. The maximum atomic E-state index is 13.2. The largest absolute Gasteiger partial charge is 0.416 e. The van der Waals surface area contributed by atoms with E-state index in [0.29, 0.717) is 25.2 Å². The number of urea groups is 1. The monoisotopic (exact) mass is 454 g/mol. The van der Waals surface area contributed by atoms with Crippen molar-refractivity contribution in [3.8, 4) is 0 Å². The van der Waals surface area contributed by atoms with Crippen molar-refractivity contribution in [1.29, 1.82) is 0 Å². The van der Waals surface area contributed by atoms with Gasteiger partial charge >= 0.3 is 12.2 Å². The second kappa shape index (κ2) is 8.99. The van der Waals surface area contributed by atoms with Gasteiger partial charge in [-0.25, -0.2) is 4.79 Å². The molecule has 2 atom stereocenters. The number of anilines is 2. The van der Waals surface area contributed by atoms with E-state index >= 15 is 0 Å². The van der Waals surface area contributed by atoms with E-state index in [0.717, 1.165) is 36.3 Å². The fourth-order valence-corrected chi connectivity index (χ4v) is 4.62. The first-order valence-electron chi connectivity index (χ1n) is 10.9. The van der Waals surface area contributed by atoms with Crippen LogP contribution in [-0.4, -0.2) is 47.9 Å². The summed E-state index contributed by atoms with van der Waals surface area (Å²) in [6, 6.07) is 2.52. The molecule has 10 heteroatoms. The molecule has 1 aliphatic carbocycles. The summed E-state index contributed by atoms with van der Waals surface area (Å²) in [6.07, 6.45) is -1.50. The Balaban J connectivity index is 1.82. The molecule has 1 saturated carbocycles. The molecular weight excluding hydrogens is 425 g/mol. The third-order valence-corrected chi connectivity index (χ3v) is 6.51. The Hall–Kier alpha value is -2.78. The van der Waals surface area contributed by atoms with Gasteiger partial charge in [-0.2, -0.15) is 13.2 Å². The standard InChI is InChI=1S/C22H29F3N4O3/c1-4-28(5-2)17-10-9-15(22(23,24)25)12-16(17)26-18(30)13-29-19(31)21(27-20(29)32)11-7-6-8-14(21)3/h9-10,12,14H,4-8,11,13H2,1-3H3,(H,26,30)(H,27,32). The quantitative estimate of drug-likeness (QED) is 0.637. The van der Waals surface area contributed by atoms with Crippen LogP contribution >= 0.6 is 0 Å². The Kier molecular flexibility index (Phi) is 6.71. The third-order valence-electron chi connectivity index (χ3n) is 6.51. The maximum absolute atomic E-state index is 13.2. The minimum absolute atomic E-state index is 0.0127. The van der Waals surface area contributed by atoms with Gasteiger partial charge in [-0.3, -0.25) is 14.5 Å². The van der Waals surface area contributed by atoms with Crippen molar-refractivity contribution in [3.05, 3.63) is 23.8 Å². The van der Waals surface area contributed by atoms with Crippen molar-refractivity contribution in [1.82, 2.24) is 10.2 Å². The molecule has 32 heavy (non-hydrogen) atoms. The van der Waals surface area contributed by atoms with Crippen LogP contribution in [0, 0.1) is 5.92 Å². The summed E-state index contributed by atoms with van der Waals surface area (Å²) in [5, 5.41) is 5.25. The van der Waals surface area contributed by atoms with Crippen LogP contribution in [0.15, 0.2) is 18.2 Å². The van der Waals surface area contributed by atoms with Crippen molar-refractivity contribution in [2.45, 2.75) is 58.2 Å². The van der Waals surface area contributed by atoms with E-state index in [4.69, 9.17) is 0 Å². The lowest BCUT2D eigenvalue weighted by atomic mass is 9.73. The molecule has 3 rings (SSSR count). The highest BCUT2D eigenvalue weighted by Gasteiger charge is 2.55. The fraction of sp³-hybridized carbons (Fsp3) is 0.591. The van der Waals surface area contributed by atoms with Crippen LogP contribution in [0.3, 0.4) is 0 Å². The summed E-state index contributed by atoms with van der Waals surface area (Å²) in [6.45, 7) is 6.10. The van der Waals surface area contributed by atoms with E-state index < -0.39 is 41.7 Å². The molecule has 2 unspecified atom stereocenters. The van der Waals surface area contributed by atoms with Gasteiger partial charge in [0.2, 0.25) is 5.91 Å². The molecule has 0 aromatic heterocycles. The second-order valence-electron chi connectivity index (χ2n) is 8.39. The molecule has 1 heterocycles. The van der Waals surface area contributed by atoms with Gasteiger partial charge < -0.3 is 15.5 Å². The zero-order valence-corrected chi connectivity index (χ0v) is 18.5. The average molecular weight is 454 g/mol. The Bertz CT molecular complexity index is 901. The van der Waals surface area contributed by atoms with Crippen LogP contribution in [0.2, 0.25) is 0 Å². The van der Waals surface area contributed by atoms with Gasteiger partial charge in [-0.1, -0.05) is 19.8 Å².